The van der Waals surface area contributed by atoms with Crippen molar-refractivity contribution in [3.8, 4) is 0 Å². The van der Waals surface area contributed by atoms with Gasteiger partial charge in [0.15, 0.2) is 0 Å². The van der Waals surface area contributed by atoms with Crippen LogP contribution in [-0.2, 0) is 0 Å². The maximum Gasteiger partial charge on any atom is 0.315 e. The van der Waals surface area contributed by atoms with Crippen molar-refractivity contribution in [1.29, 1.82) is 0 Å². The molecule has 1 saturated carbocycles. The van der Waals surface area contributed by atoms with Gasteiger partial charge in [-0.1, -0.05) is 38.5 Å². The molecule has 1 rings (SSSR count). The molecule has 8 heteroatoms. The fourth-order valence-electron chi connectivity index (χ4n) is 3.56. The van der Waals surface area contributed by atoms with Crippen molar-refractivity contribution in [3.63, 3.8) is 0 Å². The molecule has 4 amide bonds. The summed E-state index contributed by atoms with van der Waals surface area (Å²) < 4.78 is 0. The molecular weight excluding hydrogens is 356 g/mol. The highest BCUT2D eigenvalue weighted by molar-refractivity contribution is 5.75. The molecule has 0 bridgehead atoms. The van der Waals surface area contributed by atoms with Gasteiger partial charge in [0.25, 0.3) is 0 Å². The second kappa shape index (κ2) is 16.4. The lowest BCUT2D eigenvalue weighted by molar-refractivity contribution is 0.213. The van der Waals surface area contributed by atoms with Gasteiger partial charge >= 0.3 is 12.1 Å². The van der Waals surface area contributed by atoms with Gasteiger partial charge in [-0.3, -0.25) is 0 Å². The predicted octanol–water partition coefficient (Wildman–Crippen LogP) is 1.93. The lowest BCUT2D eigenvalue weighted by Crippen LogP contribution is -2.56. The Balaban J connectivity index is 2.21. The van der Waals surface area contributed by atoms with E-state index in [0.717, 1.165) is 90.1 Å². The first kappa shape index (κ1) is 24.5. The molecule has 0 aromatic carbocycles. The van der Waals surface area contributed by atoms with Crippen molar-refractivity contribution in [2.45, 2.75) is 89.1 Å². The highest BCUT2D eigenvalue weighted by atomic mass is 16.2. The number of nitrogens with two attached hydrogens (primary N) is 2. The van der Waals surface area contributed by atoms with E-state index in [1.165, 1.54) is 0 Å². The van der Waals surface area contributed by atoms with Crippen molar-refractivity contribution < 1.29 is 9.59 Å². The minimum Gasteiger partial charge on any atom is -0.338 e. The lowest BCUT2D eigenvalue weighted by Gasteiger charge is -2.32. The predicted molar refractivity (Wildman–Crippen MR) is 114 cm³/mol. The summed E-state index contributed by atoms with van der Waals surface area (Å²) in [6.07, 6.45) is 12.3. The molecule has 8 nitrogen and oxygen atoms in total. The van der Waals surface area contributed by atoms with E-state index in [-0.39, 0.29) is 24.1 Å². The molecule has 0 spiro atoms. The zero-order chi connectivity index (χ0) is 20.5. The Morgan fingerprint density at radius 2 is 1.04 bits per heavy atom. The third-order valence-corrected chi connectivity index (χ3v) is 5.23. The molecule has 0 aromatic heterocycles. The standard InChI is InChI=1S/C20H42N6O2/c21-13-7-1-3-9-15-23-19(27)25-17-11-5-6-12-18(17)26-20(28)24-16-10-4-2-8-14-22/h17-18H,1-16,21-22H2,(H2,23,25,27)(H2,24,26,28)/t17-,18-/m1/s1. The van der Waals surface area contributed by atoms with Crippen LogP contribution in [0.4, 0.5) is 9.59 Å². The zero-order valence-corrected chi connectivity index (χ0v) is 17.4. The first-order valence-electron chi connectivity index (χ1n) is 11.2. The average Bonchev–Trinajstić information content (AvgIpc) is 2.69. The molecular formula is C20H42N6O2. The molecule has 28 heavy (non-hydrogen) atoms. The van der Waals surface area contributed by atoms with Crippen molar-refractivity contribution in [3.05, 3.63) is 0 Å². The molecule has 1 aliphatic carbocycles. The van der Waals surface area contributed by atoms with Gasteiger partial charge in [-0.2, -0.15) is 0 Å². The smallest absolute Gasteiger partial charge is 0.315 e. The van der Waals surface area contributed by atoms with Crippen LogP contribution in [0.3, 0.4) is 0 Å². The number of rotatable bonds is 14. The molecule has 0 radical (unpaired) electrons. The van der Waals surface area contributed by atoms with Crippen molar-refractivity contribution in [1.82, 2.24) is 21.3 Å². The van der Waals surface area contributed by atoms with Gasteiger partial charge in [-0.05, 0) is 51.6 Å². The van der Waals surface area contributed by atoms with Gasteiger partial charge in [0.2, 0.25) is 0 Å². The molecule has 8 N–H and O–H groups in total. The Labute approximate surface area is 170 Å². The van der Waals surface area contributed by atoms with Gasteiger partial charge in [-0.25, -0.2) is 9.59 Å². The SMILES string of the molecule is NCCCCCCNC(=O)N[C@@H]1CCCC[C@H]1NC(=O)NCCCCCCN. The van der Waals surface area contributed by atoms with E-state index in [2.05, 4.69) is 21.3 Å². The van der Waals surface area contributed by atoms with Crippen LogP contribution in [0.5, 0.6) is 0 Å². The summed E-state index contributed by atoms with van der Waals surface area (Å²) in [7, 11) is 0. The Hall–Kier alpha value is -1.54. The maximum atomic E-state index is 12.1. The first-order valence-corrected chi connectivity index (χ1v) is 11.2. The van der Waals surface area contributed by atoms with Crippen LogP contribution in [0.2, 0.25) is 0 Å². The van der Waals surface area contributed by atoms with E-state index in [1.807, 2.05) is 0 Å². The molecule has 2 atom stereocenters. The monoisotopic (exact) mass is 398 g/mol. The molecule has 1 aliphatic rings. The Kier molecular flexibility index (Phi) is 14.4. The quantitative estimate of drug-likeness (QED) is 0.249. The fraction of sp³-hybridized carbons (Fsp3) is 0.900. The van der Waals surface area contributed by atoms with E-state index >= 15 is 0 Å². The average molecular weight is 399 g/mol. The van der Waals surface area contributed by atoms with Crippen LogP contribution in [-0.4, -0.2) is 50.3 Å². The van der Waals surface area contributed by atoms with Crippen LogP contribution < -0.4 is 32.7 Å². The van der Waals surface area contributed by atoms with Crippen molar-refractivity contribution >= 4 is 12.1 Å². The topological polar surface area (TPSA) is 134 Å². The summed E-state index contributed by atoms with van der Waals surface area (Å²) >= 11 is 0. The summed E-state index contributed by atoms with van der Waals surface area (Å²) in [6, 6.07) is -0.307. The number of amides is 4. The Morgan fingerprint density at radius 3 is 1.43 bits per heavy atom. The van der Waals surface area contributed by atoms with E-state index in [4.69, 9.17) is 11.5 Å². The molecule has 1 fully saturated rings. The first-order chi connectivity index (χ1) is 13.7. The van der Waals surface area contributed by atoms with Crippen LogP contribution in [0.25, 0.3) is 0 Å². The number of carbonyl (C=O) groups is 2. The Bertz CT molecular complexity index is 384. The Morgan fingerprint density at radius 1 is 0.643 bits per heavy atom. The van der Waals surface area contributed by atoms with E-state index in [0.29, 0.717) is 13.1 Å². The molecule has 0 heterocycles. The van der Waals surface area contributed by atoms with Crippen LogP contribution in [0.1, 0.15) is 77.0 Å². The highest BCUT2D eigenvalue weighted by Crippen LogP contribution is 2.18. The van der Waals surface area contributed by atoms with Crippen LogP contribution in [0.15, 0.2) is 0 Å². The molecule has 0 saturated heterocycles. The summed E-state index contributed by atoms with van der Waals surface area (Å²) in [5, 5.41) is 11.9. The second-order valence-corrected chi connectivity index (χ2v) is 7.70. The van der Waals surface area contributed by atoms with Crippen molar-refractivity contribution in [2.24, 2.45) is 11.5 Å². The number of hydrogen-bond donors (Lipinski definition) is 6. The van der Waals surface area contributed by atoms with Gasteiger partial charge in [0.1, 0.15) is 0 Å². The van der Waals surface area contributed by atoms with E-state index < -0.39 is 0 Å². The van der Waals surface area contributed by atoms with Crippen molar-refractivity contribution in [2.75, 3.05) is 26.2 Å². The number of urea groups is 2. The van der Waals surface area contributed by atoms with Crippen LogP contribution >= 0.6 is 0 Å². The normalized spacial score (nSPS) is 19.1. The molecule has 0 aromatic rings. The number of carbonyl (C=O) groups excluding carboxylic acids is 2. The molecule has 164 valence electrons. The highest BCUT2D eigenvalue weighted by Gasteiger charge is 2.27. The van der Waals surface area contributed by atoms with Gasteiger partial charge in [-0.15, -0.1) is 0 Å². The van der Waals surface area contributed by atoms with Gasteiger partial charge < -0.3 is 32.7 Å². The van der Waals surface area contributed by atoms with Crippen LogP contribution in [0, 0.1) is 0 Å². The lowest BCUT2D eigenvalue weighted by atomic mass is 9.90. The minimum absolute atomic E-state index is 0.0127. The third-order valence-electron chi connectivity index (χ3n) is 5.23. The zero-order valence-electron chi connectivity index (χ0n) is 17.4. The third kappa shape index (κ3) is 12.0. The number of hydrogen-bond acceptors (Lipinski definition) is 4. The summed E-state index contributed by atoms with van der Waals surface area (Å²) in [6.45, 7) is 2.80. The van der Waals surface area contributed by atoms with Gasteiger partial charge in [0, 0.05) is 13.1 Å². The van der Waals surface area contributed by atoms with Gasteiger partial charge in [0.05, 0.1) is 12.1 Å². The second-order valence-electron chi connectivity index (χ2n) is 7.70. The van der Waals surface area contributed by atoms with E-state index in [1.54, 1.807) is 0 Å². The summed E-state index contributed by atoms with van der Waals surface area (Å²) in [5.74, 6) is 0. The maximum absolute atomic E-state index is 12.1. The minimum atomic E-state index is -0.141. The number of nitrogens with one attached hydrogen (secondary N) is 4. The van der Waals surface area contributed by atoms with E-state index in [9.17, 15) is 9.59 Å². The summed E-state index contributed by atoms with van der Waals surface area (Å²) in [5.41, 5.74) is 11.0. The number of unbranched alkanes of at least 4 members (excludes halogenated alkanes) is 6. The molecule has 0 aliphatic heterocycles. The molecule has 0 unspecified atom stereocenters. The fourth-order valence-corrected chi connectivity index (χ4v) is 3.56. The largest absolute Gasteiger partial charge is 0.338 e. The summed E-state index contributed by atoms with van der Waals surface area (Å²) in [4.78, 5) is 24.3.